The second-order valence-corrected chi connectivity index (χ2v) is 7.81. The first-order chi connectivity index (χ1) is 11.1. The predicted octanol–water partition coefficient (Wildman–Crippen LogP) is 5.59. The van der Waals surface area contributed by atoms with Gasteiger partial charge in [-0.05, 0) is 26.3 Å². The van der Waals surface area contributed by atoms with E-state index in [1.54, 1.807) is 0 Å². The number of nitrogens with zero attached hydrogens (tertiary/aromatic N) is 4. The number of halogens is 6. The van der Waals surface area contributed by atoms with Crippen molar-refractivity contribution in [3.05, 3.63) is 35.7 Å². The summed E-state index contributed by atoms with van der Waals surface area (Å²) in [7, 11) is -10.7. The standard InChI is InChI=1S/C14H23N4.F6P/c1-5-6-7-16-8-9-17(14(16)4)11-18-13(3)10-12(2)15-18;1-7(2,3,4,5)6/h8-10H,5-7,11H2,1-4H3;/q+1;-1. The van der Waals surface area contributed by atoms with Gasteiger partial charge in [-0.2, -0.15) is 5.10 Å². The van der Waals surface area contributed by atoms with Gasteiger partial charge < -0.3 is 0 Å². The van der Waals surface area contributed by atoms with E-state index in [9.17, 15) is 25.2 Å². The monoisotopic (exact) mass is 392 g/mol. The molecule has 0 aromatic carbocycles. The van der Waals surface area contributed by atoms with Crippen molar-refractivity contribution in [2.45, 2.75) is 53.8 Å². The molecule has 2 aromatic rings. The van der Waals surface area contributed by atoms with Crippen LogP contribution in [0.3, 0.4) is 0 Å². The summed E-state index contributed by atoms with van der Waals surface area (Å²) >= 11 is 0. The molecule has 0 saturated carbocycles. The van der Waals surface area contributed by atoms with Crippen molar-refractivity contribution >= 4 is 7.81 Å². The second kappa shape index (κ2) is 6.63. The quantitative estimate of drug-likeness (QED) is 0.370. The fraction of sp³-hybridized carbons (Fsp3) is 0.571. The van der Waals surface area contributed by atoms with E-state index in [0.717, 1.165) is 18.9 Å². The van der Waals surface area contributed by atoms with Gasteiger partial charge in [0.2, 0.25) is 0 Å². The molecule has 0 N–H and O–H groups in total. The number of aryl methyl sites for hydroxylation is 3. The summed E-state index contributed by atoms with van der Waals surface area (Å²) in [5.41, 5.74) is 2.29. The van der Waals surface area contributed by atoms with Crippen LogP contribution in [0, 0.1) is 20.8 Å². The van der Waals surface area contributed by atoms with E-state index in [-0.39, 0.29) is 0 Å². The molecule has 4 nitrogen and oxygen atoms in total. The Bertz CT molecular complexity index is 706. The van der Waals surface area contributed by atoms with Crippen molar-refractivity contribution in [3.8, 4) is 0 Å². The van der Waals surface area contributed by atoms with Gasteiger partial charge in [0.25, 0.3) is 5.82 Å². The molecular weight excluding hydrogens is 369 g/mol. The summed E-state index contributed by atoms with van der Waals surface area (Å²) in [4.78, 5) is 0. The van der Waals surface area contributed by atoms with E-state index in [1.807, 2.05) is 11.6 Å². The van der Waals surface area contributed by atoms with Crippen molar-refractivity contribution < 1.29 is 29.7 Å². The fourth-order valence-electron chi connectivity index (χ4n) is 2.22. The molecule has 0 bridgehead atoms. The molecular formula is C14H23F6N4P. The Labute approximate surface area is 142 Å². The van der Waals surface area contributed by atoms with Crippen LogP contribution in [0.4, 0.5) is 25.2 Å². The number of hydrogen-bond acceptors (Lipinski definition) is 1. The zero-order valence-corrected chi connectivity index (χ0v) is 15.5. The van der Waals surface area contributed by atoms with Gasteiger partial charge in [0.1, 0.15) is 12.4 Å². The zero-order chi connectivity index (χ0) is 19.5. The predicted molar refractivity (Wildman–Crippen MR) is 84.9 cm³/mol. The summed E-state index contributed by atoms with van der Waals surface area (Å²) in [6.45, 7) is 10.4. The van der Waals surface area contributed by atoms with E-state index in [4.69, 9.17) is 0 Å². The Kier molecular flexibility index (Phi) is 5.69. The van der Waals surface area contributed by atoms with Gasteiger partial charge in [-0.25, -0.2) is 13.8 Å². The van der Waals surface area contributed by atoms with Crippen LogP contribution >= 0.6 is 7.81 Å². The Morgan fingerprint density at radius 2 is 1.64 bits per heavy atom. The van der Waals surface area contributed by atoms with Crippen LogP contribution in [-0.2, 0) is 13.2 Å². The molecule has 2 rings (SSSR count). The molecule has 25 heavy (non-hydrogen) atoms. The zero-order valence-electron chi connectivity index (χ0n) is 14.6. The SMILES string of the molecule is CCCCn1cc[n+](Cn2nc(C)cc2C)c1C.F[P-](F)(F)(F)(F)F. The number of unbranched alkanes of at least 4 members (excludes halogenated alkanes) is 1. The molecule has 0 fully saturated rings. The van der Waals surface area contributed by atoms with E-state index in [1.165, 1.54) is 24.4 Å². The molecule has 11 heteroatoms. The van der Waals surface area contributed by atoms with Gasteiger partial charge in [-0.15, -0.1) is 0 Å². The normalized spacial score (nSPS) is 14.5. The first-order valence-corrected chi connectivity index (χ1v) is 9.72. The number of hydrogen-bond donors (Lipinski definition) is 0. The van der Waals surface area contributed by atoms with Crippen molar-refractivity contribution in [1.82, 2.24) is 14.3 Å². The molecule has 0 saturated heterocycles. The third kappa shape index (κ3) is 9.48. The summed E-state index contributed by atoms with van der Waals surface area (Å²) in [5.74, 6) is 1.29. The van der Waals surface area contributed by atoms with Crippen LogP contribution in [0.1, 0.15) is 37.0 Å². The van der Waals surface area contributed by atoms with Crippen LogP contribution in [0.2, 0.25) is 0 Å². The fourth-order valence-corrected chi connectivity index (χ4v) is 2.22. The number of imidazole rings is 1. The topological polar surface area (TPSA) is 26.6 Å². The maximum absolute atomic E-state index is 10.7. The van der Waals surface area contributed by atoms with E-state index >= 15 is 0 Å². The first kappa shape index (κ1) is 21.5. The molecule has 0 atom stereocenters. The average molecular weight is 392 g/mol. The summed E-state index contributed by atoms with van der Waals surface area (Å²) in [6, 6.07) is 2.12. The Balaban J connectivity index is 0.000000381. The maximum atomic E-state index is 9.87. The van der Waals surface area contributed by atoms with Crippen LogP contribution < -0.4 is 4.57 Å². The van der Waals surface area contributed by atoms with Gasteiger partial charge in [0.15, 0.2) is 6.67 Å². The van der Waals surface area contributed by atoms with Gasteiger partial charge in [-0.1, -0.05) is 13.3 Å². The Morgan fingerprint density at radius 1 is 1.08 bits per heavy atom. The van der Waals surface area contributed by atoms with Gasteiger partial charge in [-0.3, -0.25) is 0 Å². The van der Waals surface area contributed by atoms with Gasteiger partial charge in [0.05, 0.1) is 12.2 Å². The second-order valence-electron chi connectivity index (χ2n) is 5.89. The summed E-state index contributed by atoms with van der Waals surface area (Å²) < 4.78 is 65.8. The van der Waals surface area contributed by atoms with Crippen LogP contribution in [0.15, 0.2) is 18.5 Å². The van der Waals surface area contributed by atoms with Crippen molar-refractivity contribution in [1.29, 1.82) is 0 Å². The minimum absolute atomic E-state index is 0.796. The molecule has 0 unspecified atom stereocenters. The van der Waals surface area contributed by atoms with E-state index in [2.05, 4.69) is 53.5 Å². The van der Waals surface area contributed by atoms with Crippen LogP contribution in [-0.4, -0.2) is 14.3 Å². The molecule has 146 valence electrons. The van der Waals surface area contributed by atoms with E-state index < -0.39 is 7.81 Å². The van der Waals surface area contributed by atoms with E-state index in [0.29, 0.717) is 0 Å². The van der Waals surface area contributed by atoms with Gasteiger partial charge in [0, 0.05) is 12.6 Å². The van der Waals surface area contributed by atoms with Crippen molar-refractivity contribution in [2.24, 2.45) is 0 Å². The number of rotatable bonds is 5. The molecule has 0 aliphatic rings. The van der Waals surface area contributed by atoms with Gasteiger partial charge >= 0.3 is 33.0 Å². The third-order valence-corrected chi connectivity index (χ3v) is 3.40. The van der Waals surface area contributed by atoms with Crippen LogP contribution in [0.5, 0.6) is 0 Å². The summed E-state index contributed by atoms with van der Waals surface area (Å²) in [5, 5.41) is 4.50. The number of aromatic nitrogens is 4. The molecule has 2 aromatic heterocycles. The minimum atomic E-state index is -10.7. The molecule has 0 radical (unpaired) electrons. The first-order valence-electron chi connectivity index (χ1n) is 7.69. The molecule has 0 spiro atoms. The van der Waals surface area contributed by atoms with Crippen molar-refractivity contribution in [2.75, 3.05) is 0 Å². The third-order valence-electron chi connectivity index (χ3n) is 3.40. The summed E-state index contributed by atoms with van der Waals surface area (Å²) in [6.07, 6.45) is 6.77. The Morgan fingerprint density at radius 3 is 2.08 bits per heavy atom. The molecule has 0 aliphatic heterocycles. The molecule has 0 aliphatic carbocycles. The van der Waals surface area contributed by atoms with Crippen LogP contribution in [0.25, 0.3) is 0 Å². The van der Waals surface area contributed by atoms with Crippen molar-refractivity contribution in [3.63, 3.8) is 0 Å². The molecule has 2 heterocycles. The average Bonchev–Trinajstić information content (AvgIpc) is 2.88. The Hall–Kier alpha value is -1.57. The molecule has 0 amide bonds.